The fraction of sp³-hybridized carbons (Fsp3) is 0.150. The van der Waals surface area contributed by atoms with Crippen LogP contribution in [0.2, 0.25) is 0 Å². The Kier molecular flexibility index (Phi) is 4.94. The van der Waals surface area contributed by atoms with Crippen LogP contribution in [0.1, 0.15) is 10.6 Å². The Morgan fingerprint density at radius 1 is 0.893 bits per heavy atom. The van der Waals surface area contributed by atoms with Gasteiger partial charge in [-0.1, -0.05) is 47.7 Å². The zero-order chi connectivity index (χ0) is 19.5. The normalized spacial score (nSPS) is 11.2. The Balaban J connectivity index is 1.74. The molecule has 8 heteroatoms. The molecule has 0 aliphatic heterocycles. The van der Waals surface area contributed by atoms with Crippen LogP contribution in [0.4, 0.5) is 0 Å². The van der Waals surface area contributed by atoms with Crippen LogP contribution in [0.3, 0.4) is 0 Å². The van der Waals surface area contributed by atoms with Gasteiger partial charge in [0, 0.05) is 5.56 Å². The van der Waals surface area contributed by atoms with E-state index >= 15 is 0 Å². The van der Waals surface area contributed by atoms with Crippen LogP contribution in [0.15, 0.2) is 42.5 Å². The second-order valence-corrected chi connectivity index (χ2v) is 6.80. The third-order valence-corrected chi connectivity index (χ3v) is 5.01. The van der Waals surface area contributed by atoms with Crippen LogP contribution in [-0.4, -0.2) is 41.1 Å². The van der Waals surface area contributed by atoms with Crippen molar-refractivity contribution in [3.05, 3.63) is 53.0 Å². The van der Waals surface area contributed by atoms with Gasteiger partial charge in [-0.15, -0.1) is 10.2 Å². The Labute approximate surface area is 165 Å². The van der Waals surface area contributed by atoms with Gasteiger partial charge in [-0.25, -0.2) is 0 Å². The van der Waals surface area contributed by atoms with Gasteiger partial charge in [0.2, 0.25) is 10.7 Å². The van der Waals surface area contributed by atoms with Crippen LogP contribution >= 0.6 is 11.3 Å². The van der Waals surface area contributed by atoms with Gasteiger partial charge >= 0.3 is 0 Å². The van der Waals surface area contributed by atoms with Crippen molar-refractivity contribution in [1.29, 1.82) is 0 Å². The molecule has 0 aliphatic rings. The molecule has 0 unspecified atom stereocenters. The molecule has 0 aliphatic carbocycles. The maximum Gasteiger partial charge on any atom is 0.235 e. The Morgan fingerprint density at radius 3 is 2.25 bits per heavy atom. The molecule has 0 bridgehead atoms. The number of hydrogen-bond acceptors (Lipinski definition) is 7. The summed E-state index contributed by atoms with van der Waals surface area (Å²) in [5.74, 6) is 2.23. The van der Waals surface area contributed by atoms with E-state index in [2.05, 4.69) is 15.3 Å². The lowest BCUT2D eigenvalue weighted by atomic mass is 10.1. The van der Waals surface area contributed by atoms with Gasteiger partial charge in [0.15, 0.2) is 17.3 Å². The van der Waals surface area contributed by atoms with E-state index in [1.165, 1.54) is 11.3 Å². The second-order valence-electron chi connectivity index (χ2n) is 5.82. The number of hydrogen-bond donors (Lipinski definition) is 0. The molecule has 28 heavy (non-hydrogen) atoms. The fourth-order valence-corrected chi connectivity index (χ4v) is 3.56. The Bertz CT molecular complexity index is 1110. The molecule has 0 spiro atoms. The van der Waals surface area contributed by atoms with Crippen LogP contribution in [-0.2, 0) is 0 Å². The largest absolute Gasteiger partial charge is 0.493 e. The lowest BCUT2D eigenvalue weighted by Crippen LogP contribution is -1.97. The zero-order valence-corrected chi connectivity index (χ0v) is 16.4. The number of ether oxygens (including phenoxy) is 3. The highest BCUT2D eigenvalue weighted by Crippen LogP contribution is 2.41. The molecule has 0 saturated heterocycles. The molecule has 0 N–H and O–H groups in total. The van der Waals surface area contributed by atoms with E-state index in [9.17, 15) is 0 Å². The van der Waals surface area contributed by atoms with Crippen molar-refractivity contribution in [2.75, 3.05) is 21.3 Å². The van der Waals surface area contributed by atoms with E-state index in [1.54, 1.807) is 25.8 Å². The molecule has 142 valence electrons. The first-order valence-electron chi connectivity index (χ1n) is 8.49. The van der Waals surface area contributed by atoms with Crippen molar-refractivity contribution in [3.63, 3.8) is 0 Å². The summed E-state index contributed by atoms with van der Waals surface area (Å²) in [5.41, 5.74) is 1.88. The van der Waals surface area contributed by atoms with Crippen LogP contribution in [0.5, 0.6) is 17.2 Å². The second kappa shape index (κ2) is 7.69. The SMILES string of the molecule is COc1cc(-c2nnc3sc(/C=C/c4ccccc4)nn23)cc(OC)c1OC. The highest BCUT2D eigenvalue weighted by Gasteiger charge is 2.18. The zero-order valence-electron chi connectivity index (χ0n) is 15.6. The minimum Gasteiger partial charge on any atom is -0.493 e. The molecular formula is C20H18N4O3S. The van der Waals surface area contributed by atoms with E-state index < -0.39 is 0 Å². The molecule has 2 aromatic heterocycles. The highest BCUT2D eigenvalue weighted by molar-refractivity contribution is 7.17. The lowest BCUT2D eigenvalue weighted by molar-refractivity contribution is 0.324. The number of fused-ring (bicyclic) bond motifs is 1. The van der Waals surface area contributed by atoms with Crippen molar-refractivity contribution in [2.24, 2.45) is 0 Å². The van der Waals surface area contributed by atoms with Gasteiger partial charge in [0.05, 0.1) is 21.3 Å². The molecule has 2 heterocycles. The van der Waals surface area contributed by atoms with Crippen LogP contribution in [0.25, 0.3) is 28.5 Å². The monoisotopic (exact) mass is 394 g/mol. The summed E-state index contributed by atoms with van der Waals surface area (Å²) in [6.07, 6.45) is 3.98. The molecule has 4 rings (SSSR count). The van der Waals surface area contributed by atoms with Crippen molar-refractivity contribution in [1.82, 2.24) is 19.8 Å². The first-order valence-corrected chi connectivity index (χ1v) is 9.31. The summed E-state index contributed by atoms with van der Waals surface area (Å²) >= 11 is 1.46. The summed E-state index contributed by atoms with van der Waals surface area (Å²) in [4.78, 5) is 0.705. The maximum atomic E-state index is 5.43. The highest BCUT2D eigenvalue weighted by atomic mass is 32.1. The average Bonchev–Trinajstić information content (AvgIpc) is 3.32. The summed E-state index contributed by atoms with van der Waals surface area (Å²) in [6.45, 7) is 0. The maximum absolute atomic E-state index is 5.43. The predicted octanol–water partition coefficient (Wildman–Crippen LogP) is 4.05. The summed E-state index contributed by atoms with van der Waals surface area (Å²) in [5, 5.41) is 14.0. The molecule has 4 aromatic rings. The minimum atomic E-state index is 0.527. The van der Waals surface area contributed by atoms with Gasteiger partial charge in [0.25, 0.3) is 0 Å². The molecule has 7 nitrogen and oxygen atoms in total. The molecular weight excluding hydrogens is 376 g/mol. The van der Waals surface area contributed by atoms with Crippen molar-refractivity contribution in [2.45, 2.75) is 0 Å². The standard InChI is InChI=1S/C20H18N4O3S/c1-25-15-11-14(12-16(26-2)18(15)27-3)19-21-22-20-24(19)23-17(28-20)10-9-13-7-5-4-6-8-13/h4-12H,1-3H3/b10-9+. The fourth-order valence-electron chi connectivity index (χ4n) is 2.82. The smallest absolute Gasteiger partial charge is 0.235 e. The summed E-state index contributed by atoms with van der Waals surface area (Å²) in [6, 6.07) is 13.7. The molecule has 0 radical (unpaired) electrons. The van der Waals surface area contributed by atoms with Crippen molar-refractivity contribution in [3.8, 4) is 28.6 Å². The number of methoxy groups -OCH3 is 3. The van der Waals surface area contributed by atoms with Crippen molar-refractivity contribution >= 4 is 28.4 Å². The summed E-state index contributed by atoms with van der Waals surface area (Å²) in [7, 11) is 4.73. The lowest BCUT2D eigenvalue weighted by Gasteiger charge is -2.13. The van der Waals surface area contributed by atoms with Gasteiger partial charge in [-0.2, -0.15) is 9.61 Å². The van der Waals surface area contributed by atoms with Crippen molar-refractivity contribution < 1.29 is 14.2 Å². The predicted molar refractivity (Wildman–Crippen MR) is 109 cm³/mol. The van der Waals surface area contributed by atoms with E-state index in [0.717, 1.165) is 16.1 Å². The number of rotatable bonds is 6. The van der Waals surface area contributed by atoms with E-state index in [4.69, 9.17) is 14.2 Å². The van der Waals surface area contributed by atoms with E-state index in [0.29, 0.717) is 28.0 Å². The quantitative estimate of drug-likeness (QED) is 0.491. The third-order valence-electron chi connectivity index (χ3n) is 4.15. The van der Waals surface area contributed by atoms with E-state index in [1.807, 2.05) is 54.6 Å². The Hall–Kier alpha value is -3.39. The van der Waals surface area contributed by atoms with E-state index in [-0.39, 0.29) is 0 Å². The Morgan fingerprint density at radius 2 is 1.61 bits per heavy atom. The van der Waals surface area contributed by atoms with Gasteiger partial charge in [0.1, 0.15) is 5.01 Å². The molecule has 0 fully saturated rings. The number of benzene rings is 2. The van der Waals surface area contributed by atoms with Gasteiger partial charge in [-0.05, 0) is 23.8 Å². The number of nitrogens with zero attached hydrogens (tertiary/aromatic N) is 4. The van der Waals surface area contributed by atoms with Crippen LogP contribution < -0.4 is 14.2 Å². The van der Waals surface area contributed by atoms with Gasteiger partial charge < -0.3 is 14.2 Å². The molecule has 2 aromatic carbocycles. The van der Waals surface area contributed by atoms with Gasteiger partial charge in [-0.3, -0.25) is 0 Å². The minimum absolute atomic E-state index is 0.527. The molecule has 0 atom stereocenters. The molecule has 0 saturated carbocycles. The number of aromatic nitrogens is 4. The van der Waals surface area contributed by atoms with Crippen LogP contribution in [0, 0.1) is 0 Å². The topological polar surface area (TPSA) is 70.8 Å². The first-order chi connectivity index (χ1) is 13.7. The third kappa shape index (κ3) is 3.29. The molecule has 0 amide bonds. The average molecular weight is 394 g/mol. The first kappa shape index (κ1) is 18.0. The summed E-state index contributed by atoms with van der Waals surface area (Å²) < 4.78 is 18.0.